The number of carbonyl (C=O) groups is 4. The molecule has 0 aliphatic carbocycles. The molecular weight excluding hydrogens is 855 g/mol. The van der Waals surface area contributed by atoms with Crippen LogP contribution in [0.2, 0.25) is 0 Å². The number of carbonyl (C=O) groups excluding carboxylic acids is 3. The van der Waals surface area contributed by atoms with Gasteiger partial charge in [-0.05, 0) is 123 Å². The zero-order valence-corrected chi connectivity index (χ0v) is 38.7. The number of benzene rings is 5. The van der Waals surface area contributed by atoms with Gasteiger partial charge in [0.15, 0.2) is 19.4 Å². The molecule has 5 aromatic carbocycles. The minimum Gasteiger partial charge on any atom is -0.479 e. The predicted molar refractivity (Wildman–Crippen MR) is 251 cm³/mol. The predicted octanol–water partition coefficient (Wildman–Crippen LogP) is 7.22. The number of hydrogen-bond acceptors (Lipinski definition) is 11. The third-order valence-corrected chi connectivity index (χ3v) is 12.1. The fraction of sp³-hybridized carbons (Fsp3) is 0.283. The largest absolute Gasteiger partial charge is 0.479 e. The summed E-state index contributed by atoms with van der Waals surface area (Å²) in [6.45, 7) is 12.4. The normalized spacial score (nSPS) is 14.9. The second-order valence-corrected chi connectivity index (χ2v) is 16.6. The van der Waals surface area contributed by atoms with E-state index in [0.29, 0.717) is 23.2 Å². The first-order chi connectivity index (χ1) is 32.0. The maximum Gasteiger partial charge on any atom is 0.344 e. The van der Waals surface area contributed by atoms with Crippen LogP contribution in [0.5, 0.6) is 0 Å². The quantitative estimate of drug-likeness (QED) is 0.0676. The number of hydrogen-bond donors (Lipinski definition) is 2. The van der Waals surface area contributed by atoms with Gasteiger partial charge in [-0.3, -0.25) is 19.2 Å². The summed E-state index contributed by atoms with van der Waals surface area (Å²) in [6, 6.07) is 37.1. The van der Waals surface area contributed by atoms with Gasteiger partial charge in [0.1, 0.15) is 12.7 Å². The van der Waals surface area contributed by atoms with Crippen molar-refractivity contribution >= 4 is 23.9 Å². The van der Waals surface area contributed by atoms with Crippen molar-refractivity contribution in [3.63, 3.8) is 0 Å². The summed E-state index contributed by atoms with van der Waals surface area (Å²) in [7, 11) is 0. The highest BCUT2D eigenvalue weighted by molar-refractivity contribution is 5.92. The summed E-state index contributed by atoms with van der Waals surface area (Å²) >= 11 is 0. The van der Waals surface area contributed by atoms with E-state index >= 15 is 0 Å². The Bertz CT molecular complexity index is 2710. The first-order valence-corrected chi connectivity index (χ1v) is 21.8. The molecule has 7 rings (SSSR count). The van der Waals surface area contributed by atoms with Gasteiger partial charge in [-0.1, -0.05) is 91.0 Å². The van der Waals surface area contributed by atoms with Crippen LogP contribution >= 0.6 is 0 Å². The van der Waals surface area contributed by atoms with Crippen LogP contribution in [0.3, 0.4) is 0 Å². The highest BCUT2D eigenvalue weighted by Gasteiger charge is 2.46. The van der Waals surface area contributed by atoms with Crippen molar-refractivity contribution < 1.29 is 43.2 Å². The van der Waals surface area contributed by atoms with Crippen molar-refractivity contribution in [2.75, 3.05) is 32.9 Å². The summed E-state index contributed by atoms with van der Waals surface area (Å²) in [5, 5.41) is 8.39. The maximum absolute atomic E-state index is 13.2. The standard InChI is InChI=1S/C41H41N3O7.C12H14O4/c1-27-20-31(21-28(2)30(27)4)39(47)50-26-37(45)49-25-35-23-43(24-36(51-35)44-22-29(3)38(46)42-40(44)48)41(32-14-8-5-9-15-32,33-16-10-6-11-17-33)34-18-12-7-13-19-34;1-7-4-10(5-8(2)9(7)3)12(15)16-6-11(13)14/h5-22,35-36H,23-26H2,1-4H3,(H,42,46,48);4-5H,6H2,1-3H3,(H,13,14). The van der Waals surface area contributed by atoms with Crippen molar-refractivity contribution in [3.8, 4) is 0 Å². The van der Waals surface area contributed by atoms with Crippen LogP contribution in [-0.4, -0.2) is 82.4 Å². The molecule has 1 aliphatic rings. The van der Waals surface area contributed by atoms with E-state index in [2.05, 4.69) is 51.0 Å². The van der Waals surface area contributed by atoms with Crippen molar-refractivity contribution in [2.24, 2.45) is 0 Å². The molecule has 1 saturated heterocycles. The fourth-order valence-electron chi connectivity index (χ4n) is 8.18. The molecule has 2 heterocycles. The number of morpholine rings is 1. The van der Waals surface area contributed by atoms with Crippen molar-refractivity contribution in [1.29, 1.82) is 0 Å². The van der Waals surface area contributed by atoms with Gasteiger partial charge in [0.25, 0.3) is 5.56 Å². The summed E-state index contributed by atoms with van der Waals surface area (Å²) < 4.78 is 23.4. The molecule has 1 aliphatic heterocycles. The zero-order chi connectivity index (χ0) is 48.4. The molecule has 0 spiro atoms. The van der Waals surface area contributed by atoms with Crippen LogP contribution in [-0.2, 0) is 34.1 Å². The number of esters is 3. The van der Waals surface area contributed by atoms with Crippen LogP contribution < -0.4 is 11.2 Å². The van der Waals surface area contributed by atoms with Gasteiger partial charge in [0.2, 0.25) is 0 Å². The first-order valence-electron chi connectivity index (χ1n) is 21.8. The van der Waals surface area contributed by atoms with E-state index in [9.17, 15) is 28.8 Å². The summed E-state index contributed by atoms with van der Waals surface area (Å²) in [5.74, 6) is -3.12. The van der Waals surface area contributed by atoms with Gasteiger partial charge < -0.3 is 24.1 Å². The molecule has 1 fully saturated rings. The molecule has 348 valence electrons. The summed E-state index contributed by atoms with van der Waals surface area (Å²) in [5.41, 5.74) is 8.17. The molecule has 0 radical (unpaired) electrons. The van der Waals surface area contributed by atoms with E-state index in [0.717, 1.165) is 50.1 Å². The summed E-state index contributed by atoms with van der Waals surface area (Å²) in [4.78, 5) is 77.7. The lowest BCUT2D eigenvalue weighted by atomic mass is 9.75. The number of carboxylic acid groups (broad SMARTS) is 1. The molecule has 2 atom stereocenters. The van der Waals surface area contributed by atoms with Crippen LogP contribution in [0.1, 0.15) is 82.6 Å². The minimum atomic E-state index is -1.16. The lowest BCUT2D eigenvalue weighted by molar-refractivity contribution is -0.172. The number of aromatic amines is 1. The summed E-state index contributed by atoms with van der Waals surface area (Å²) in [6.07, 6.45) is -0.103. The number of rotatable bonds is 13. The van der Waals surface area contributed by atoms with Crippen molar-refractivity contribution in [3.05, 3.63) is 209 Å². The smallest absolute Gasteiger partial charge is 0.344 e. The highest BCUT2D eigenvalue weighted by atomic mass is 16.6. The Balaban J connectivity index is 0.000000392. The fourth-order valence-corrected chi connectivity index (χ4v) is 8.18. The number of H-pyrrole nitrogens is 1. The molecular formula is C53H55N3O11. The van der Waals surface area contributed by atoms with Gasteiger partial charge in [-0.15, -0.1) is 0 Å². The Morgan fingerprint density at radius 2 is 1.06 bits per heavy atom. The molecule has 0 amide bonds. The Kier molecular flexibility index (Phi) is 15.9. The van der Waals surface area contributed by atoms with E-state index < -0.39 is 66.2 Å². The van der Waals surface area contributed by atoms with Gasteiger partial charge in [-0.2, -0.15) is 0 Å². The average Bonchev–Trinajstić information content (AvgIpc) is 3.32. The molecule has 14 nitrogen and oxygen atoms in total. The molecule has 67 heavy (non-hydrogen) atoms. The number of nitrogens with one attached hydrogen (secondary N) is 1. The highest BCUT2D eigenvalue weighted by Crippen LogP contribution is 2.44. The molecule has 6 aromatic rings. The lowest BCUT2D eigenvalue weighted by Gasteiger charge is -2.50. The monoisotopic (exact) mass is 909 g/mol. The number of carboxylic acids is 1. The van der Waals surface area contributed by atoms with E-state index in [1.54, 1.807) is 31.2 Å². The Morgan fingerprint density at radius 3 is 1.49 bits per heavy atom. The molecule has 2 N–H and O–H groups in total. The third kappa shape index (κ3) is 11.5. The Morgan fingerprint density at radius 1 is 0.627 bits per heavy atom. The van der Waals surface area contributed by atoms with Crippen molar-refractivity contribution in [2.45, 2.75) is 66.3 Å². The molecule has 0 saturated carbocycles. The van der Waals surface area contributed by atoms with E-state index in [1.807, 2.05) is 96.1 Å². The first kappa shape index (κ1) is 49.0. The number of nitrogens with zero attached hydrogens (tertiary/aromatic N) is 2. The Labute approximate surface area is 388 Å². The van der Waals surface area contributed by atoms with Gasteiger partial charge in [0, 0.05) is 24.8 Å². The van der Waals surface area contributed by atoms with E-state index in [-0.39, 0.29) is 13.2 Å². The number of aliphatic carboxylic acids is 1. The van der Waals surface area contributed by atoms with Gasteiger partial charge in [-0.25, -0.2) is 24.0 Å². The second kappa shape index (κ2) is 21.7. The molecule has 2 unspecified atom stereocenters. The van der Waals surface area contributed by atoms with Crippen LogP contribution in [0, 0.1) is 48.5 Å². The topological polar surface area (TPSA) is 184 Å². The minimum absolute atomic E-state index is 0.183. The number of aromatic nitrogens is 2. The average molecular weight is 910 g/mol. The third-order valence-electron chi connectivity index (χ3n) is 12.1. The zero-order valence-electron chi connectivity index (χ0n) is 38.7. The molecule has 1 aromatic heterocycles. The maximum atomic E-state index is 13.2. The van der Waals surface area contributed by atoms with Crippen LogP contribution in [0.15, 0.2) is 131 Å². The number of aryl methyl sites for hydroxylation is 5. The van der Waals surface area contributed by atoms with Crippen LogP contribution in [0.25, 0.3) is 0 Å². The van der Waals surface area contributed by atoms with Gasteiger partial charge in [0.05, 0.1) is 16.7 Å². The Hall–Kier alpha value is -7.42. The van der Waals surface area contributed by atoms with E-state index in [1.165, 1.54) is 10.8 Å². The van der Waals surface area contributed by atoms with Crippen molar-refractivity contribution in [1.82, 2.24) is 14.5 Å². The molecule has 14 heteroatoms. The van der Waals surface area contributed by atoms with E-state index in [4.69, 9.17) is 19.3 Å². The molecule has 0 bridgehead atoms. The van der Waals surface area contributed by atoms with Crippen LogP contribution in [0.4, 0.5) is 0 Å². The second-order valence-electron chi connectivity index (χ2n) is 16.6. The lowest BCUT2D eigenvalue weighted by Crippen LogP contribution is -2.58. The SMILES string of the molecule is Cc1cc(C(=O)OCC(=O)O)cc(C)c1C.Cc1cc(C(=O)OCC(=O)OCC2CN(C(c3ccccc3)(c3ccccc3)c3ccccc3)CC(n3cc(C)c(=O)[nH]c3=O)O2)cc(C)c1C. The van der Waals surface area contributed by atoms with Gasteiger partial charge >= 0.3 is 29.6 Å². The number of ether oxygens (including phenoxy) is 4.